The van der Waals surface area contributed by atoms with Crippen molar-refractivity contribution in [2.24, 2.45) is 0 Å². The minimum atomic E-state index is 0.210. The van der Waals surface area contributed by atoms with Crippen molar-refractivity contribution < 1.29 is 9.84 Å². The fourth-order valence-electron chi connectivity index (χ4n) is 2.20. The highest BCUT2D eigenvalue weighted by Gasteiger charge is 2.16. The van der Waals surface area contributed by atoms with Gasteiger partial charge in [-0.3, -0.25) is 0 Å². The van der Waals surface area contributed by atoms with E-state index in [1.165, 1.54) is 0 Å². The first-order valence-corrected chi connectivity index (χ1v) is 8.56. The number of hydrogen-bond acceptors (Lipinski definition) is 3. The first-order chi connectivity index (χ1) is 10.2. The maximum Gasteiger partial charge on any atom is 0.156 e. The number of aryl methyl sites for hydroxylation is 1. The summed E-state index contributed by atoms with van der Waals surface area (Å²) in [6, 6.07) is 5.52. The summed E-state index contributed by atoms with van der Waals surface area (Å²) in [6.07, 6.45) is 0. The van der Waals surface area contributed by atoms with Gasteiger partial charge < -0.3 is 15.6 Å². The van der Waals surface area contributed by atoms with Crippen molar-refractivity contribution >= 4 is 37.5 Å². The van der Waals surface area contributed by atoms with Gasteiger partial charge in [0.15, 0.2) is 5.75 Å². The molecule has 2 aromatic rings. The number of halogens is 2. The number of benzene rings is 2. The van der Waals surface area contributed by atoms with Crippen LogP contribution in [0, 0.1) is 13.8 Å². The summed E-state index contributed by atoms with van der Waals surface area (Å²) in [7, 11) is 0. The predicted octanol–water partition coefficient (Wildman–Crippen LogP) is 6.03. The van der Waals surface area contributed by atoms with Crippen molar-refractivity contribution in [2.75, 3.05) is 5.73 Å². The number of rotatable bonds is 3. The molecular formula is C17H19Br2NO2. The molecule has 3 N–H and O–H groups in total. The van der Waals surface area contributed by atoms with E-state index in [-0.39, 0.29) is 5.92 Å². The topological polar surface area (TPSA) is 55.5 Å². The van der Waals surface area contributed by atoms with Crippen molar-refractivity contribution in [1.29, 1.82) is 0 Å². The first kappa shape index (κ1) is 17.2. The van der Waals surface area contributed by atoms with E-state index >= 15 is 0 Å². The molecule has 0 aliphatic carbocycles. The van der Waals surface area contributed by atoms with Crippen molar-refractivity contribution in [3.8, 4) is 17.2 Å². The zero-order chi connectivity index (χ0) is 16.6. The Morgan fingerprint density at radius 1 is 1.14 bits per heavy atom. The van der Waals surface area contributed by atoms with E-state index in [9.17, 15) is 5.11 Å². The summed E-state index contributed by atoms with van der Waals surface area (Å²) in [5.41, 5.74) is 9.22. The largest absolute Gasteiger partial charge is 0.507 e. The standard InChI is InChI=1S/C17H19Br2NO2/c1-8(2)12-6-11(5-9(3)16(12)21)22-17-13(18)7-14(20)10(4)15(17)19/h5-8,21H,20H2,1-4H3. The van der Waals surface area contributed by atoms with Crippen molar-refractivity contribution in [2.45, 2.75) is 33.6 Å². The van der Waals surface area contributed by atoms with Gasteiger partial charge in [-0.25, -0.2) is 0 Å². The second-order valence-electron chi connectivity index (χ2n) is 5.65. The molecule has 0 aliphatic heterocycles. The molecule has 0 aliphatic rings. The number of nitrogen functional groups attached to an aromatic ring is 1. The molecule has 0 heterocycles. The zero-order valence-electron chi connectivity index (χ0n) is 13.0. The Morgan fingerprint density at radius 3 is 2.36 bits per heavy atom. The molecule has 0 amide bonds. The van der Waals surface area contributed by atoms with Gasteiger partial charge in [0, 0.05) is 11.3 Å². The SMILES string of the molecule is Cc1cc(Oc2c(Br)cc(N)c(C)c2Br)cc(C(C)C)c1O. The van der Waals surface area contributed by atoms with Gasteiger partial charge in [-0.15, -0.1) is 0 Å². The summed E-state index contributed by atoms with van der Waals surface area (Å²) >= 11 is 7.02. The molecule has 2 rings (SSSR count). The third-order valence-electron chi connectivity index (χ3n) is 3.61. The molecule has 5 heteroatoms. The number of phenolic OH excluding ortho intramolecular Hbond substituents is 1. The van der Waals surface area contributed by atoms with E-state index < -0.39 is 0 Å². The number of phenols is 1. The van der Waals surface area contributed by atoms with Crippen LogP contribution in [0.1, 0.15) is 36.5 Å². The van der Waals surface area contributed by atoms with Crippen molar-refractivity contribution in [3.63, 3.8) is 0 Å². The van der Waals surface area contributed by atoms with Gasteiger partial charge in [0.25, 0.3) is 0 Å². The van der Waals surface area contributed by atoms with E-state index in [1.54, 1.807) is 0 Å². The minimum Gasteiger partial charge on any atom is -0.507 e. The first-order valence-electron chi connectivity index (χ1n) is 6.97. The molecule has 0 spiro atoms. The molecule has 0 unspecified atom stereocenters. The molecule has 0 radical (unpaired) electrons. The van der Waals surface area contributed by atoms with Crippen LogP contribution in [0.5, 0.6) is 17.2 Å². The average molecular weight is 429 g/mol. The van der Waals surface area contributed by atoms with Crippen LogP contribution in [0.25, 0.3) is 0 Å². The van der Waals surface area contributed by atoms with Gasteiger partial charge in [-0.05, 0) is 81.0 Å². The van der Waals surface area contributed by atoms with Crippen LogP contribution in [0.2, 0.25) is 0 Å². The van der Waals surface area contributed by atoms with Crippen LogP contribution < -0.4 is 10.5 Å². The zero-order valence-corrected chi connectivity index (χ0v) is 16.2. The lowest BCUT2D eigenvalue weighted by Gasteiger charge is -2.17. The van der Waals surface area contributed by atoms with E-state index in [2.05, 4.69) is 31.9 Å². The normalized spacial score (nSPS) is 11.0. The Bertz CT molecular complexity index is 727. The number of nitrogens with two attached hydrogens (primary N) is 1. The molecule has 118 valence electrons. The molecule has 0 bridgehead atoms. The van der Waals surface area contributed by atoms with Crippen LogP contribution in [-0.4, -0.2) is 5.11 Å². The third-order valence-corrected chi connectivity index (χ3v) is 5.15. The summed E-state index contributed by atoms with van der Waals surface area (Å²) in [5, 5.41) is 10.2. The monoisotopic (exact) mass is 427 g/mol. The second-order valence-corrected chi connectivity index (χ2v) is 7.30. The van der Waals surface area contributed by atoms with Crippen LogP contribution in [0.3, 0.4) is 0 Å². The Morgan fingerprint density at radius 2 is 1.77 bits per heavy atom. The predicted molar refractivity (Wildman–Crippen MR) is 98.0 cm³/mol. The minimum absolute atomic E-state index is 0.210. The third kappa shape index (κ3) is 3.25. The van der Waals surface area contributed by atoms with Gasteiger partial charge in [-0.2, -0.15) is 0 Å². The second kappa shape index (κ2) is 6.50. The Balaban J connectivity index is 2.51. The number of anilines is 1. The maximum atomic E-state index is 10.2. The Hall–Kier alpha value is -1.20. The number of aromatic hydroxyl groups is 1. The molecule has 3 nitrogen and oxygen atoms in total. The van der Waals surface area contributed by atoms with Gasteiger partial charge in [0.2, 0.25) is 0 Å². The summed E-state index contributed by atoms with van der Waals surface area (Å²) in [5.74, 6) is 1.90. The molecular weight excluding hydrogens is 410 g/mol. The average Bonchev–Trinajstić information content (AvgIpc) is 2.44. The molecule has 0 saturated carbocycles. The van der Waals surface area contributed by atoms with Crippen LogP contribution in [-0.2, 0) is 0 Å². The molecule has 22 heavy (non-hydrogen) atoms. The Kier molecular flexibility index (Phi) is 5.07. The lowest BCUT2D eigenvalue weighted by molar-refractivity contribution is 0.449. The highest BCUT2D eigenvalue weighted by Crippen LogP contribution is 2.42. The molecule has 0 fully saturated rings. The summed E-state index contributed by atoms with van der Waals surface area (Å²) in [4.78, 5) is 0. The van der Waals surface area contributed by atoms with E-state index in [1.807, 2.05) is 45.9 Å². The fourth-order valence-corrected chi connectivity index (χ4v) is 3.51. The highest BCUT2D eigenvalue weighted by molar-refractivity contribution is 9.11. The van der Waals surface area contributed by atoms with Crippen LogP contribution >= 0.6 is 31.9 Å². The van der Waals surface area contributed by atoms with E-state index in [0.717, 1.165) is 25.6 Å². The Labute approximate surface area is 147 Å². The highest BCUT2D eigenvalue weighted by atomic mass is 79.9. The van der Waals surface area contributed by atoms with Crippen LogP contribution in [0.4, 0.5) is 5.69 Å². The van der Waals surface area contributed by atoms with Crippen LogP contribution in [0.15, 0.2) is 27.1 Å². The summed E-state index contributed by atoms with van der Waals surface area (Å²) in [6.45, 7) is 7.88. The lowest BCUT2D eigenvalue weighted by Crippen LogP contribution is -1.97. The molecule has 0 aromatic heterocycles. The molecule has 0 saturated heterocycles. The van der Waals surface area contributed by atoms with E-state index in [4.69, 9.17) is 10.5 Å². The quantitative estimate of drug-likeness (QED) is 0.586. The van der Waals surface area contributed by atoms with Gasteiger partial charge in [0.1, 0.15) is 11.5 Å². The molecule has 2 aromatic carbocycles. The van der Waals surface area contributed by atoms with Crippen molar-refractivity contribution in [3.05, 3.63) is 43.8 Å². The maximum absolute atomic E-state index is 10.2. The smallest absolute Gasteiger partial charge is 0.156 e. The number of hydrogen-bond donors (Lipinski definition) is 2. The van der Waals surface area contributed by atoms with Crippen molar-refractivity contribution in [1.82, 2.24) is 0 Å². The van der Waals surface area contributed by atoms with E-state index in [0.29, 0.717) is 22.9 Å². The lowest BCUT2D eigenvalue weighted by atomic mass is 9.99. The van der Waals surface area contributed by atoms with Gasteiger partial charge in [0.05, 0.1) is 8.95 Å². The van der Waals surface area contributed by atoms with Gasteiger partial charge >= 0.3 is 0 Å². The van der Waals surface area contributed by atoms with Gasteiger partial charge in [-0.1, -0.05) is 13.8 Å². The number of ether oxygens (including phenoxy) is 1. The summed E-state index contributed by atoms with van der Waals surface area (Å²) < 4.78 is 7.64. The molecule has 0 atom stereocenters. The fraction of sp³-hybridized carbons (Fsp3) is 0.294.